The van der Waals surface area contributed by atoms with E-state index in [9.17, 15) is 10.1 Å². The summed E-state index contributed by atoms with van der Waals surface area (Å²) in [7, 11) is 1.46. The van der Waals surface area contributed by atoms with Gasteiger partial charge in [0.1, 0.15) is 5.69 Å². The van der Waals surface area contributed by atoms with Gasteiger partial charge in [-0.3, -0.25) is 10.1 Å². The number of hydrogen-bond acceptors (Lipinski definition) is 6. The molecule has 0 amide bonds. The van der Waals surface area contributed by atoms with Crippen LogP contribution in [0.2, 0.25) is 0 Å². The monoisotopic (exact) mass is 319 g/mol. The van der Waals surface area contributed by atoms with Crippen LogP contribution in [0.4, 0.5) is 11.4 Å². The highest BCUT2D eigenvalue weighted by Gasteiger charge is 2.29. The van der Waals surface area contributed by atoms with Crippen LogP contribution in [0.1, 0.15) is 23.8 Å². The number of benzene rings is 1. The minimum absolute atomic E-state index is 0.0461. The van der Waals surface area contributed by atoms with Gasteiger partial charge in [-0.1, -0.05) is 6.07 Å². The quantitative estimate of drug-likeness (QED) is 0.638. The number of para-hydroxylation sites is 1. The van der Waals surface area contributed by atoms with Crippen molar-refractivity contribution in [3.63, 3.8) is 0 Å². The average Bonchev–Trinajstić information content (AvgIpc) is 3.08. The van der Waals surface area contributed by atoms with Crippen molar-refractivity contribution in [2.24, 2.45) is 0 Å². The van der Waals surface area contributed by atoms with Crippen LogP contribution in [0.25, 0.3) is 0 Å². The highest BCUT2D eigenvalue weighted by molar-refractivity contribution is 7.09. The van der Waals surface area contributed by atoms with E-state index in [0.29, 0.717) is 17.4 Å². The predicted octanol–water partition coefficient (Wildman–Crippen LogP) is 3.44. The molecule has 6 nitrogen and oxygen atoms in total. The molecule has 1 atom stereocenters. The normalized spacial score (nSPS) is 18.2. The number of ether oxygens (including phenoxy) is 1. The van der Waals surface area contributed by atoms with Gasteiger partial charge in [-0.2, -0.15) is 0 Å². The van der Waals surface area contributed by atoms with E-state index in [4.69, 9.17) is 4.74 Å². The molecule has 2 heterocycles. The van der Waals surface area contributed by atoms with Crippen molar-refractivity contribution in [1.82, 2.24) is 4.98 Å². The number of aromatic nitrogens is 1. The van der Waals surface area contributed by atoms with E-state index >= 15 is 0 Å². The van der Waals surface area contributed by atoms with Crippen molar-refractivity contribution in [3.8, 4) is 5.75 Å². The molecule has 0 N–H and O–H groups in total. The summed E-state index contributed by atoms with van der Waals surface area (Å²) in [5.41, 5.74) is 0.676. The molecular formula is C15H17N3O3S. The molecule has 7 heteroatoms. The molecule has 1 unspecified atom stereocenters. The first-order chi connectivity index (χ1) is 10.7. The molecule has 1 aromatic carbocycles. The van der Waals surface area contributed by atoms with Crippen molar-refractivity contribution in [2.75, 3.05) is 25.1 Å². The van der Waals surface area contributed by atoms with Gasteiger partial charge in [0.25, 0.3) is 0 Å². The van der Waals surface area contributed by atoms with Crippen LogP contribution < -0.4 is 9.64 Å². The molecule has 0 bridgehead atoms. The predicted molar refractivity (Wildman–Crippen MR) is 86.0 cm³/mol. The Morgan fingerprint density at radius 3 is 3.05 bits per heavy atom. The molecule has 0 saturated carbocycles. The molecule has 1 aromatic heterocycles. The highest BCUT2D eigenvalue weighted by Crippen LogP contribution is 2.40. The van der Waals surface area contributed by atoms with E-state index in [1.165, 1.54) is 7.11 Å². The lowest BCUT2D eigenvalue weighted by Crippen LogP contribution is -2.34. The Labute approximate surface area is 132 Å². The molecule has 22 heavy (non-hydrogen) atoms. The third-order valence-corrected chi connectivity index (χ3v) is 4.88. The second kappa shape index (κ2) is 6.31. The van der Waals surface area contributed by atoms with Gasteiger partial charge < -0.3 is 9.64 Å². The molecule has 1 fully saturated rings. The van der Waals surface area contributed by atoms with E-state index < -0.39 is 0 Å². The number of anilines is 1. The number of methoxy groups -OCH3 is 1. The summed E-state index contributed by atoms with van der Waals surface area (Å²) in [5, 5.41) is 14.5. The van der Waals surface area contributed by atoms with Crippen molar-refractivity contribution in [1.29, 1.82) is 0 Å². The van der Waals surface area contributed by atoms with Crippen LogP contribution >= 0.6 is 11.3 Å². The van der Waals surface area contributed by atoms with E-state index in [-0.39, 0.29) is 10.6 Å². The maximum Gasteiger partial charge on any atom is 0.333 e. The Morgan fingerprint density at radius 2 is 2.36 bits per heavy atom. The van der Waals surface area contributed by atoms with Gasteiger partial charge in [0.15, 0.2) is 5.75 Å². The van der Waals surface area contributed by atoms with Gasteiger partial charge in [0, 0.05) is 30.6 Å². The maximum atomic E-state index is 11.4. The Bertz CT molecular complexity index is 660. The summed E-state index contributed by atoms with van der Waals surface area (Å²) in [4.78, 5) is 17.6. The van der Waals surface area contributed by atoms with Crippen LogP contribution in [0, 0.1) is 10.1 Å². The summed E-state index contributed by atoms with van der Waals surface area (Å²) in [6.07, 6.45) is 3.88. The van der Waals surface area contributed by atoms with Crippen molar-refractivity contribution >= 4 is 22.7 Å². The fourth-order valence-corrected chi connectivity index (χ4v) is 3.72. The Balaban J connectivity index is 1.92. The van der Waals surface area contributed by atoms with Gasteiger partial charge >= 0.3 is 5.69 Å². The van der Waals surface area contributed by atoms with Gasteiger partial charge in [0.2, 0.25) is 0 Å². The third-order valence-electron chi connectivity index (χ3n) is 3.94. The fourth-order valence-electron chi connectivity index (χ4n) is 2.95. The topological polar surface area (TPSA) is 68.5 Å². The summed E-state index contributed by atoms with van der Waals surface area (Å²) < 4.78 is 5.16. The smallest absolute Gasteiger partial charge is 0.333 e. The molecule has 0 radical (unpaired) electrons. The number of nitro benzene ring substituents is 1. The zero-order valence-electron chi connectivity index (χ0n) is 12.3. The lowest BCUT2D eigenvalue weighted by Gasteiger charge is -2.33. The number of nitro groups is 1. The third kappa shape index (κ3) is 2.76. The van der Waals surface area contributed by atoms with E-state index in [1.807, 2.05) is 11.6 Å². The number of rotatable bonds is 4. The molecule has 1 aliphatic rings. The van der Waals surface area contributed by atoms with E-state index in [1.54, 1.807) is 29.5 Å². The largest absolute Gasteiger partial charge is 0.490 e. The first-order valence-electron chi connectivity index (χ1n) is 7.16. The van der Waals surface area contributed by atoms with Crippen LogP contribution in [0.3, 0.4) is 0 Å². The summed E-state index contributed by atoms with van der Waals surface area (Å²) in [5.74, 6) is 0.637. The number of nitrogens with zero attached hydrogens (tertiary/aromatic N) is 3. The van der Waals surface area contributed by atoms with Crippen LogP contribution in [-0.4, -0.2) is 30.1 Å². The molecular weight excluding hydrogens is 302 g/mol. The lowest BCUT2D eigenvalue weighted by molar-refractivity contribution is -0.385. The zero-order chi connectivity index (χ0) is 15.5. The Hall–Kier alpha value is -2.15. The summed E-state index contributed by atoms with van der Waals surface area (Å²) in [6, 6.07) is 5.23. The van der Waals surface area contributed by atoms with Gasteiger partial charge in [0.05, 0.1) is 17.0 Å². The standard InChI is InChI=1S/C15H17N3O3S/c1-21-13-6-2-5-12(14(13)18(19)20)17-8-3-4-11(10-17)15-16-7-9-22-15/h2,5-7,9,11H,3-4,8,10H2,1H3. The molecule has 0 spiro atoms. The Morgan fingerprint density at radius 1 is 1.50 bits per heavy atom. The van der Waals surface area contributed by atoms with Gasteiger partial charge in [-0.05, 0) is 25.0 Å². The molecule has 3 rings (SSSR count). The number of hydrogen-bond donors (Lipinski definition) is 0. The SMILES string of the molecule is COc1cccc(N2CCCC(c3nccs3)C2)c1[N+](=O)[O-]. The first kappa shape index (κ1) is 14.8. The molecule has 2 aromatic rings. The van der Waals surface area contributed by atoms with E-state index in [2.05, 4.69) is 9.88 Å². The van der Waals surface area contributed by atoms with Gasteiger partial charge in [-0.25, -0.2) is 4.98 Å². The van der Waals surface area contributed by atoms with Crippen LogP contribution in [0.5, 0.6) is 5.75 Å². The minimum Gasteiger partial charge on any atom is -0.490 e. The van der Waals surface area contributed by atoms with Crippen molar-refractivity contribution in [2.45, 2.75) is 18.8 Å². The lowest BCUT2D eigenvalue weighted by atomic mass is 9.98. The maximum absolute atomic E-state index is 11.4. The Kier molecular flexibility index (Phi) is 4.24. The van der Waals surface area contributed by atoms with Crippen molar-refractivity contribution < 1.29 is 9.66 Å². The number of thiazole rings is 1. The van der Waals surface area contributed by atoms with E-state index in [0.717, 1.165) is 30.9 Å². The summed E-state index contributed by atoms with van der Waals surface area (Å²) in [6.45, 7) is 1.57. The number of piperidine rings is 1. The fraction of sp³-hybridized carbons (Fsp3) is 0.400. The minimum atomic E-state index is -0.360. The second-order valence-corrected chi connectivity index (χ2v) is 6.17. The van der Waals surface area contributed by atoms with Crippen LogP contribution in [0.15, 0.2) is 29.8 Å². The van der Waals surface area contributed by atoms with Crippen LogP contribution in [-0.2, 0) is 0 Å². The highest BCUT2D eigenvalue weighted by atomic mass is 32.1. The average molecular weight is 319 g/mol. The molecule has 0 aliphatic carbocycles. The zero-order valence-corrected chi connectivity index (χ0v) is 13.1. The first-order valence-corrected chi connectivity index (χ1v) is 8.04. The summed E-state index contributed by atoms with van der Waals surface area (Å²) >= 11 is 1.65. The van der Waals surface area contributed by atoms with Crippen molar-refractivity contribution in [3.05, 3.63) is 44.9 Å². The molecule has 1 saturated heterocycles. The molecule has 116 valence electrons. The second-order valence-electron chi connectivity index (χ2n) is 5.24. The molecule has 1 aliphatic heterocycles. The van der Waals surface area contributed by atoms with Gasteiger partial charge in [-0.15, -0.1) is 11.3 Å².